The molecule has 0 N–H and O–H groups in total. The molecule has 0 fully saturated rings. The van der Waals surface area contributed by atoms with E-state index in [2.05, 4.69) is 43.8 Å². The highest BCUT2D eigenvalue weighted by molar-refractivity contribution is 9.11. The maximum atomic E-state index is 6.05. The molecule has 0 aliphatic carbocycles. The minimum atomic E-state index is 0.402. The lowest BCUT2D eigenvalue weighted by Gasteiger charge is -2.12. The number of nitrogens with zero attached hydrogens (tertiary/aromatic N) is 1. The van der Waals surface area contributed by atoms with E-state index in [-0.39, 0.29) is 0 Å². The first-order valence-corrected chi connectivity index (χ1v) is 10.9. The number of hydrogen-bond acceptors (Lipinski definition) is 2. The van der Waals surface area contributed by atoms with Gasteiger partial charge < -0.3 is 4.74 Å². The number of unbranched alkanes of at least 4 members (excludes halogenated alkanes) is 3. The fourth-order valence-corrected chi connectivity index (χ4v) is 4.15. The second-order valence-electron chi connectivity index (χ2n) is 5.95. The Morgan fingerprint density at radius 3 is 2.38 bits per heavy atom. The van der Waals surface area contributed by atoms with E-state index in [1.54, 1.807) is 6.07 Å². The monoisotopic (exact) mass is 519 g/mol. The average molecular weight is 522 g/mol. The van der Waals surface area contributed by atoms with Crippen LogP contribution in [0.15, 0.2) is 44.3 Å². The Morgan fingerprint density at radius 1 is 1.00 bits per heavy atom. The molecule has 0 saturated carbocycles. The van der Waals surface area contributed by atoms with Gasteiger partial charge in [0.15, 0.2) is 0 Å². The van der Waals surface area contributed by atoms with Crippen molar-refractivity contribution in [2.45, 2.75) is 39.2 Å². The Morgan fingerprint density at radius 2 is 1.73 bits per heavy atom. The third kappa shape index (κ3) is 6.88. The van der Waals surface area contributed by atoms with Crippen molar-refractivity contribution >= 4 is 61.3 Å². The molecule has 0 atom stereocenters. The van der Waals surface area contributed by atoms with Gasteiger partial charge in [0, 0.05) is 12.8 Å². The predicted molar refractivity (Wildman–Crippen MR) is 119 cm³/mol. The Balaban J connectivity index is 1.97. The quantitative estimate of drug-likeness (QED) is 0.241. The first-order chi connectivity index (χ1) is 12.5. The highest BCUT2D eigenvalue weighted by Gasteiger charge is 2.09. The van der Waals surface area contributed by atoms with Crippen molar-refractivity contribution in [3.63, 3.8) is 0 Å². The van der Waals surface area contributed by atoms with Crippen molar-refractivity contribution in [3.05, 3.63) is 60.4 Å². The van der Waals surface area contributed by atoms with Crippen LogP contribution in [0.2, 0.25) is 10.0 Å². The van der Waals surface area contributed by atoms with Gasteiger partial charge in [0.25, 0.3) is 0 Å². The standard InChI is InChI=1S/C20H21Br2Cl2NO/c1-2-3-4-5-8-25-12-15-9-16(21)20(17(22)10-15)26-13-14-6-7-18(23)19(24)11-14/h6-7,9-12H,2-5,8,13H2,1H3/b25-12+. The summed E-state index contributed by atoms with van der Waals surface area (Å²) in [6, 6.07) is 9.49. The van der Waals surface area contributed by atoms with E-state index in [0.29, 0.717) is 16.7 Å². The molecule has 2 aromatic rings. The van der Waals surface area contributed by atoms with E-state index in [9.17, 15) is 0 Å². The highest BCUT2D eigenvalue weighted by Crippen LogP contribution is 2.35. The fourth-order valence-electron chi connectivity index (χ4n) is 2.38. The summed E-state index contributed by atoms with van der Waals surface area (Å²) >= 11 is 19.1. The van der Waals surface area contributed by atoms with Gasteiger partial charge in [-0.1, -0.05) is 55.5 Å². The van der Waals surface area contributed by atoms with Crippen LogP contribution in [-0.2, 0) is 6.61 Å². The first kappa shape index (κ1) is 21.7. The molecule has 140 valence electrons. The minimum absolute atomic E-state index is 0.402. The van der Waals surface area contributed by atoms with Crippen LogP contribution in [-0.4, -0.2) is 12.8 Å². The zero-order chi connectivity index (χ0) is 18.9. The van der Waals surface area contributed by atoms with Crippen LogP contribution in [0.4, 0.5) is 0 Å². The van der Waals surface area contributed by atoms with Gasteiger partial charge >= 0.3 is 0 Å². The maximum absolute atomic E-state index is 6.05. The topological polar surface area (TPSA) is 21.6 Å². The van der Waals surface area contributed by atoms with E-state index in [1.165, 1.54) is 19.3 Å². The van der Waals surface area contributed by atoms with Gasteiger partial charge in [-0.05, 0) is 73.7 Å². The van der Waals surface area contributed by atoms with Crippen molar-refractivity contribution < 1.29 is 4.74 Å². The molecule has 0 aliphatic heterocycles. The Labute approximate surface area is 182 Å². The van der Waals surface area contributed by atoms with Crippen molar-refractivity contribution in [2.24, 2.45) is 4.99 Å². The van der Waals surface area contributed by atoms with Crippen LogP contribution < -0.4 is 4.74 Å². The van der Waals surface area contributed by atoms with Gasteiger partial charge in [0.05, 0.1) is 19.0 Å². The molecule has 0 aromatic heterocycles. The van der Waals surface area contributed by atoms with Gasteiger partial charge in [-0.2, -0.15) is 0 Å². The molecule has 2 aromatic carbocycles. The second kappa shape index (κ2) is 11.3. The lowest BCUT2D eigenvalue weighted by atomic mass is 10.2. The molecule has 0 unspecified atom stereocenters. The number of benzene rings is 2. The zero-order valence-corrected chi connectivity index (χ0v) is 19.3. The minimum Gasteiger partial charge on any atom is -0.487 e. The Bertz CT molecular complexity index is 742. The van der Waals surface area contributed by atoms with Crippen molar-refractivity contribution in [1.29, 1.82) is 0 Å². The van der Waals surface area contributed by atoms with Gasteiger partial charge in [-0.25, -0.2) is 0 Å². The second-order valence-corrected chi connectivity index (χ2v) is 8.47. The van der Waals surface area contributed by atoms with Crippen molar-refractivity contribution in [2.75, 3.05) is 6.54 Å². The number of rotatable bonds is 9. The van der Waals surface area contributed by atoms with E-state index in [1.807, 2.05) is 30.5 Å². The molecule has 0 heterocycles. The smallest absolute Gasteiger partial charge is 0.148 e. The molecule has 0 bridgehead atoms. The van der Waals surface area contributed by atoms with Gasteiger partial charge in [-0.3, -0.25) is 4.99 Å². The van der Waals surface area contributed by atoms with Crippen LogP contribution in [0.3, 0.4) is 0 Å². The van der Waals surface area contributed by atoms with E-state index >= 15 is 0 Å². The van der Waals surface area contributed by atoms with Crippen LogP contribution in [0.25, 0.3) is 0 Å². The molecular weight excluding hydrogens is 501 g/mol. The number of ether oxygens (including phenoxy) is 1. The summed E-state index contributed by atoms with van der Waals surface area (Å²) in [4.78, 5) is 4.50. The summed E-state index contributed by atoms with van der Waals surface area (Å²) in [5.74, 6) is 0.746. The normalized spacial score (nSPS) is 11.3. The summed E-state index contributed by atoms with van der Waals surface area (Å²) in [7, 11) is 0. The molecule has 2 rings (SSSR count). The molecule has 26 heavy (non-hydrogen) atoms. The summed E-state index contributed by atoms with van der Waals surface area (Å²) in [6.45, 7) is 3.48. The van der Waals surface area contributed by atoms with Crippen LogP contribution >= 0.6 is 55.1 Å². The van der Waals surface area contributed by atoms with E-state index < -0.39 is 0 Å². The lowest BCUT2D eigenvalue weighted by molar-refractivity contribution is 0.302. The van der Waals surface area contributed by atoms with Crippen molar-refractivity contribution in [3.8, 4) is 5.75 Å². The van der Waals surface area contributed by atoms with Gasteiger partial charge in [0.1, 0.15) is 12.4 Å². The molecule has 0 saturated heterocycles. The van der Waals surface area contributed by atoms with Crippen molar-refractivity contribution in [1.82, 2.24) is 0 Å². The van der Waals surface area contributed by atoms with Gasteiger partial charge in [0.2, 0.25) is 0 Å². The van der Waals surface area contributed by atoms with E-state index in [0.717, 1.165) is 38.8 Å². The molecule has 0 aliphatic rings. The van der Waals surface area contributed by atoms with Crippen LogP contribution in [0.1, 0.15) is 43.7 Å². The average Bonchev–Trinajstić information content (AvgIpc) is 2.60. The third-order valence-electron chi connectivity index (χ3n) is 3.77. The summed E-state index contributed by atoms with van der Waals surface area (Å²) in [6.07, 6.45) is 6.80. The summed E-state index contributed by atoms with van der Waals surface area (Å²) in [5, 5.41) is 1.06. The molecule has 2 nitrogen and oxygen atoms in total. The zero-order valence-electron chi connectivity index (χ0n) is 14.6. The highest BCUT2D eigenvalue weighted by atomic mass is 79.9. The number of aliphatic imine (C=N–C) groups is 1. The third-order valence-corrected chi connectivity index (χ3v) is 5.69. The predicted octanol–water partition coefficient (Wildman–Crippen LogP) is 8.10. The Kier molecular flexibility index (Phi) is 9.48. The Hall–Kier alpha value is -0.550. The largest absolute Gasteiger partial charge is 0.487 e. The fraction of sp³-hybridized carbons (Fsp3) is 0.350. The van der Waals surface area contributed by atoms with Gasteiger partial charge in [-0.15, -0.1) is 0 Å². The maximum Gasteiger partial charge on any atom is 0.148 e. The van der Waals surface area contributed by atoms with Crippen LogP contribution in [0.5, 0.6) is 5.75 Å². The number of halogens is 4. The molecule has 0 spiro atoms. The molecule has 6 heteroatoms. The molecule has 0 radical (unpaired) electrons. The molecule has 0 amide bonds. The SMILES string of the molecule is CCCCCC/N=C/c1cc(Br)c(OCc2ccc(Cl)c(Cl)c2)c(Br)c1. The molecular formula is C20H21Br2Cl2NO. The summed E-state index contributed by atoms with van der Waals surface area (Å²) in [5.41, 5.74) is 1.98. The summed E-state index contributed by atoms with van der Waals surface area (Å²) < 4.78 is 7.68. The van der Waals surface area contributed by atoms with Crippen LogP contribution in [0, 0.1) is 0 Å². The lowest BCUT2D eigenvalue weighted by Crippen LogP contribution is -1.98. The number of hydrogen-bond donors (Lipinski definition) is 0. The van der Waals surface area contributed by atoms with E-state index in [4.69, 9.17) is 27.9 Å². The first-order valence-electron chi connectivity index (χ1n) is 8.57.